The van der Waals surface area contributed by atoms with Gasteiger partial charge in [0.1, 0.15) is 5.75 Å². The maximum absolute atomic E-state index is 12.8. The first-order valence-corrected chi connectivity index (χ1v) is 10.8. The number of nitrogens with one attached hydrogen (secondary N) is 1. The van der Waals surface area contributed by atoms with E-state index in [4.69, 9.17) is 4.74 Å². The second kappa shape index (κ2) is 9.51. The second-order valence-corrected chi connectivity index (χ2v) is 8.58. The van der Waals surface area contributed by atoms with Gasteiger partial charge in [-0.1, -0.05) is 42.5 Å². The summed E-state index contributed by atoms with van der Waals surface area (Å²) in [5, 5.41) is 5.66. The van der Waals surface area contributed by atoms with Crippen LogP contribution in [0.5, 0.6) is 5.75 Å². The number of benzene rings is 3. The maximum Gasteiger partial charge on any atom is 0.255 e. The molecule has 0 saturated carbocycles. The molecule has 0 fully saturated rings. The van der Waals surface area contributed by atoms with Crippen molar-refractivity contribution in [1.82, 2.24) is 9.73 Å². The minimum absolute atomic E-state index is 0.130. The quantitative estimate of drug-likeness (QED) is 0.444. The van der Waals surface area contributed by atoms with E-state index in [1.807, 2.05) is 43.3 Å². The van der Waals surface area contributed by atoms with Gasteiger partial charge in [0.2, 0.25) is 10.0 Å². The average molecular weight is 426 g/mol. The molecule has 0 spiro atoms. The Bertz CT molecular complexity index is 1180. The standard InChI is InChI=1S/C22H23N3O4S/c1-3-29-21-11-7-6-10-19(21)15-23-24-22(26)16-25(2)30(27,28)20-13-12-17-8-4-5-9-18(17)14-20/h4-15H,3,16H2,1-2H3,(H,24,26)/b23-15+. The summed E-state index contributed by atoms with van der Waals surface area (Å²) < 4.78 is 32.1. The van der Waals surface area contributed by atoms with E-state index in [2.05, 4.69) is 10.5 Å². The van der Waals surface area contributed by atoms with Crippen molar-refractivity contribution >= 4 is 32.9 Å². The highest BCUT2D eigenvalue weighted by molar-refractivity contribution is 7.89. The molecule has 0 heterocycles. The summed E-state index contributed by atoms with van der Waals surface area (Å²) in [6.45, 7) is 2.02. The van der Waals surface area contributed by atoms with E-state index in [0.717, 1.165) is 15.1 Å². The maximum atomic E-state index is 12.8. The fourth-order valence-electron chi connectivity index (χ4n) is 2.88. The molecule has 0 bridgehead atoms. The summed E-state index contributed by atoms with van der Waals surface area (Å²) in [6.07, 6.45) is 1.46. The van der Waals surface area contributed by atoms with Crippen LogP contribution in [0, 0.1) is 0 Å². The van der Waals surface area contributed by atoms with E-state index in [1.54, 1.807) is 24.3 Å². The predicted molar refractivity (Wildman–Crippen MR) is 117 cm³/mol. The number of ether oxygens (including phenoxy) is 1. The first-order chi connectivity index (χ1) is 14.4. The number of likely N-dealkylation sites (N-methyl/N-ethyl adjacent to an activating group) is 1. The Morgan fingerprint density at radius 2 is 1.77 bits per heavy atom. The lowest BCUT2D eigenvalue weighted by atomic mass is 10.1. The third-order valence-corrected chi connectivity index (χ3v) is 6.21. The zero-order valence-electron chi connectivity index (χ0n) is 16.8. The first kappa shape index (κ1) is 21.5. The van der Waals surface area contributed by atoms with E-state index in [-0.39, 0.29) is 11.4 Å². The predicted octanol–water partition coefficient (Wildman–Crippen LogP) is 3.01. The monoisotopic (exact) mass is 425 g/mol. The molecule has 8 heteroatoms. The Hall–Kier alpha value is -3.23. The molecule has 3 rings (SSSR count). The van der Waals surface area contributed by atoms with E-state index in [0.29, 0.717) is 17.9 Å². The Labute approximate surface area is 176 Å². The number of hydrogen-bond acceptors (Lipinski definition) is 5. The molecule has 0 aliphatic rings. The number of amides is 1. The van der Waals surface area contributed by atoms with Gasteiger partial charge in [-0.3, -0.25) is 4.79 Å². The van der Waals surface area contributed by atoms with Crippen LogP contribution in [-0.4, -0.2) is 45.0 Å². The molecule has 0 atom stereocenters. The summed E-state index contributed by atoms with van der Waals surface area (Å²) in [6, 6.07) is 19.6. The molecule has 156 valence electrons. The molecule has 0 aliphatic heterocycles. The van der Waals surface area contributed by atoms with Crippen LogP contribution in [0.15, 0.2) is 76.7 Å². The van der Waals surface area contributed by atoms with Gasteiger partial charge < -0.3 is 4.74 Å². The summed E-state index contributed by atoms with van der Waals surface area (Å²) in [7, 11) is -2.46. The van der Waals surface area contributed by atoms with Crippen LogP contribution in [0.4, 0.5) is 0 Å². The molecule has 7 nitrogen and oxygen atoms in total. The lowest BCUT2D eigenvalue weighted by molar-refractivity contribution is -0.121. The number of fused-ring (bicyclic) bond motifs is 1. The summed E-state index contributed by atoms with van der Waals surface area (Å²) in [5.41, 5.74) is 3.06. The number of rotatable bonds is 8. The van der Waals surface area contributed by atoms with Crippen molar-refractivity contribution in [2.24, 2.45) is 5.10 Å². The number of carbonyl (C=O) groups is 1. The Morgan fingerprint density at radius 3 is 2.53 bits per heavy atom. The van der Waals surface area contributed by atoms with E-state index >= 15 is 0 Å². The smallest absolute Gasteiger partial charge is 0.255 e. The van der Waals surface area contributed by atoms with Crippen LogP contribution in [0.3, 0.4) is 0 Å². The van der Waals surface area contributed by atoms with Crippen LogP contribution in [0.2, 0.25) is 0 Å². The number of nitrogens with zero attached hydrogens (tertiary/aromatic N) is 2. The average Bonchev–Trinajstić information content (AvgIpc) is 2.74. The van der Waals surface area contributed by atoms with Crippen LogP contribution < -0.4 is 10.2 Å². The fourth-order valence-corrected chi connectivity index (χ4v) is 4.04. The highest BCUT2D eigenvalue weighted by Crippen LogP contribution is 2.21. The molecule has 0 unspecified atom stereocenters. The van der Waals surface area contributed by atoms with Gasteiger partial charge in [0, 0.05) is 12.6 Å². The summed E-state index contributed by atoms with van der Waals surface area (Å²) >= 11 is 0. The SMILES string of the molecule is CCOc1ccccc1/C=N/NC(=O)CN(C)S(=O)(=O)c1ccc2ccccc2c1. The Balaban J connectivity index is 1.65. The highest BCUT2D eigenvalue weighted by Gasteiger charge is 2.23. The molecular formula is C22H23N3O4S. The molecule has 0 aliphatic carbocycles. The van der Waals surface area contributed by atoms with Gasteiger partial charge in [0.25, 0.3) is 5.91 Å². The van der Waals surface area contributed by atoms with Crippen molar-refractivity contribution in [1.29, 1.82) is 0 Å². The minimum Gasteiger partial charge on any atom is -0.493 e. The number of para-hydroxylation sites is 1. The third kappa shape index (κ3) is 5.03. The molecule has 0 radical (unpaired) electrons. The number of sulfonamides is 1. The topological polar surface area (TPSA) is 88.1 Å². The minimum atomic E-state index is -3.82. The van der Waals surface area contributed by atoms with Crippen LogP contribution >= 0.6 is 0 Å². The summed E-state index contributed by atoms with van der Waals surface area (Å²) in [5.74, 6) is 0.0982. The van der Waals surface area contributed by atoms with Gasteiger partial charge in [0.15, 0.2) is 0 Å². The molecule has 3 aromatic carbocycles. The van der Waals surface area contributed by atoms with E-state index in [9.17, 15) is 13.2 Å². The zero-order chi connectivity index (χ0) is 21.6. The molecule has 1 N–H and O–H groups in total. The van der Waals surface area contributed by atoms with Crippen molar-refractivity contribution in [2.75, 3.05) is 20.2 Å². The lowest BCUT2D eigenvalue weighted by Gasteiger charge is -2.16. The normalized spacial score (nSPS) is 11.8. The molecule has 1 amide bonds. The first-order valence-electron chi connectivity index (χ1n) is 9.40. The van der Waals surface area contributed by atoms with Crippen molar-refractivity contribution in [3.8, 4) is 5.75 Å². The van der Waals surface area contributed by atoms with Gasteiger partial charge in [-0.2, -0.15) is 9.41 Å². The zero-order valence-corrected chi connectivity index (χ0v) is 17.6. The molecule has 3 aromatic rings. The van der Waals surface area contributed by atoms with E-state index in [1.165, 1.54) is 19.3 Å². The van der Waals surface area contributed by atoms with Crippen LogP contribution in [-0.2, 0) is 14.8 Å². The van der Waals surface area contributed by atoms with Crippen molar-refractivity contribution in [2.45, 2.75) is 11.8 Å². The Morgan fingerprint density at radius 1 is 1.07 bits per heavy atom. The van der Waals surface area contributed by atoms with Gasteiger partial charge >= 0.3 is 0 Å². The van der Waals surface area contributed by atoms with Crippen LogP contribution in [0.25, 0.3) is 10.8 Å². The summed E-state index contributed by atoms with van der Waals surface area (Å²) in [4.78, 5) is 12.3. The van der Waals surface area contributed by atoms with Gasteiger partial charge in [0.05, 0.1) is 24.3 Å². The van der Waals surface area contributed by atoms with Gasteiger partial charge in [-0.15, -0.1) is 0 Å². The van der Waals surface area contributed by atoms with E-state index < -0.39 is 15.9 Å². The van der Waals surface area contributed by atoms with Crippen molar-refractivity contribution in [3.05, 3.63) is 72.3 Å². The molecular weight excluding hydrogens is 402 g/mol. The number of hydrazone groups is 1. The fraction of sp³-hybridized carbons (Fsp3) is 0.182. The van der Waals surface area contributed by atoms with Crippen LogP contribution in [0.1, 0.15) is 12.5 Å². The van der Waals surface area contributed by atoms with Crippen molar-refractivity contribution < 1.29 is 17.9 Å². The van der Waals surface area contributed by atoms with Gasteiger partial charge in [-0.05, 0) is 42.0 Å². The van der Waals surface area contributed by atoms with Crippen molar-refractivity contribution in [3.63, 3.8) is 0 Å². The number of carbonyl (C=O) groups excluding carboxylic acids is 1. The second-order valence-electron chi connectivity index (χ2n) is 6.53. The highest BCUT2D eigenvalue weighted by atomic mass is 32.2. The molecule has 0 aromatic heterocycles. The number of hydrogen-bond donors (Lipinski definition) is 1. The third-order valence-electron chi connectivity index (χ3n) is 4.41. The Kier molecular flexibility index (Phi) is 6.81. The van der Waals surface area contributed by atoms with Gasteiger partial charge in [-0.25, -0.2) is 13.8 Å². The molecule has 0 saturated heterocycles. The lowest BCUT2D eigenvalue weighted by Crippen LogP contribution is -2.36. The molecule has 30 heavy (non-hydrogen) atoms. The largest absolute Gasteiger partial charge is 0.493 e.